The van der Waals surface area contributed by atoms with E-state index in [9.17, 15) is 27.6 Å². The van der Waals surface area contributed by atoms with Crippen LogP contribution in [-0.2, 0) is 22.2 Å². The molecule has 1 spiro atoms. The Morgan fingerprint density at radius 3 is 2.29 bits per heavy atom. The zero-order valence-corrected chi connectivity index (χ0v) is 15.5. The van der Waals surface area contributed by atoms with Crippen molar-refractivity contribution >= 4 is 23.5 Å². The predicted molar refractivity (Wildman–Crippen MR) is 93.5 cm³/mol. The molecule has 1 aromatic carbocycles. The smallest absolute Gasteiger partial charge is 0.367 e. The van der Waals surface area contributed by atoms with Gasteiger partial charge >= 0.3 is 12.2 Å². The Hall–Kier alpha value is -2.58. The van der Waals surface area contributed by atoms with E-state index in [1.807, 2.05) is 4.90 Å². The molecule has 0 unspecified atom stereocenters. The summed E-state index contributed by atoms with van der Waals surface area (Å²) in [6.45, 7) is 0.548. The Morgan fingerprint density at radius 1 is 1.04 bits per heavy atom. The number of amides is 4. The van der Waals surface area contributed by atoms with Gasteiger partial charge in [0.1, 0.15) is 0 Å². The van der Waals surface area contributed by atoms with Gasteiger partial charge in [0, 0.05) is 26.3 Å². The van der Waals surface area contributed by atoms with Crippen LogP contribution in [0.15, 0.2) is 18.2 Å². The molecule has 0 aromatic heterocycles. The second kappa shape index (κ2) is 5.96. The minimum atomic E-state index is -4.52. The Balaban J connectivity index is 1.91. The van der Waals surface area contributed by atoms with E-state index in [-0.39, 0.29) is 6.42 Å². The van der Waals surface area contributed by atoms with Crippen LogP contribution in [0.1, 0.15) is 30.4 Å². The predicted octanol–water partition coefficient (Wildman–Crippen LogP) is 2.66. The molecular formula is C19H20F3N3O3. The number of nitrogens with zero attached hydrogens (tertiary/aromatic N) is 3. The highest BCUT2D eigenvalue weighted by Crippen LogP contribution is 2.49. The SMILES string of the molecule is CN1C(=O)N(C)C(=O)C2(Cc3cc(C(F)(F)F)ccc3N3CCCC[C@H]32)C1=O. The number of barbiturate groups is 1. The van der Waals surface area contributed by atoms with Crippen molar-refractivity contribution in [2.45, 2.75) is 37.9 Å². The molecule has 4 amide bonds. The van der Waals surface area contributed by atoms with E-state index in [2.05, 4.69) is 0 Å². The number of alkyl halides is 3. The van der Waals surface area contributed by atoms with E-state index in [1.54, 1.807) is 0 Å². The molecule has 3 aliphatic rings. The Morgan fingerprint density at radius 2 is 1.68 bits per heavy atom. The molecule has 28 heavy (non-hydrogen) atoms. The molecule has 0 N–H and O–H groups in total. The molecule has 9 heteroatoms. The number of carbonyl (C=O) groups excluding carboxylic acids is 3. The maximum Gasteiger partial charge on any atom is 0.416 e. The summed E-state index contributed by atoms with van der Waals surface area (Å²) in [4.78, 5) is 42.4. The molecule has 0 saturated carbocycles. The van der Waals surface area contributed by atoms with Crippen LogP contribution in [0.4, 0.5) is 23.7 Å². The zero-order valence-electron chi connectivity index (χ0n) is 15.5. The number of hydrogen-bond acceptors (Lipinski definition) is 4. The van der Waals surface area contributed by atoms with Crippen molar-refractivity contribution in [2.24, 2.45) is 5.41 Å². The minimum absolute atomic E-state index is 0.146. The monoisotopic (exact) mass is 395 g/mol. The van der Waals surface area contributed by atoms with Gasteiger partial charge in [-0.1, -0.05) is 0 Å². The van der Waals surface area contributed by atoms with Gasteiger partial charge in [-0.15, -0.1) is 0 Å². The first-order valence-corrected chi connectivity index (χ1v) is 9.16. The first-order valence-electron chi connectivity index (χ1n) is 9.16. The summed E-state index contributed by atoms with van der Waals surface area (Å²) < 4.78 is 39.7. The lowest BCUT2D eigenvalue weighted by atomic mass is 9.65. The lowest BCUT2D eigenvalue weighted by molar-refractivity contribution is -0.159. The van der Waals surface area contributed by atoms with Crippen molar-refractivity contribution < 1.29 is 27.6 Å². The molecule has 1 atom stereocenters. The van der Waals surface area contributed by atoms with Gasteiger partial charge in [-0.25, -0.2) is 4.79 Å². The molecule has 0 radical (unpaired) electrons. The lowest BCUT2D eigenvalue weighted by Crippen LogP contribution is -2.72. The second-order valence-electron chi connectivity index (χ2n) is 7.71. The van der Waals surface area contributed by atoms with Crippen molar-refractivity contribution in [2.75, 3.05) is 25.5 Å². The van der Waals surface area contributed by atoms with Crippen molar-refractivity contribution in [3.63, 3.8) is 0 Å². The van der Waals surface area contributed by atoms with Gasteiger partial charge in [-0.3, -0.25) is 19.4 Å². The fraction of sp³-hybridized carbons (Fsp3) is 0.526. The van der Waals surface area contributed by atoms with Crippen LogP contribution in [0.25, 0.3) is 0 Å². The third-order valence-corrected chi connectivity index (χ3v) is 6.20. The van der Waals surface area contributed by atoms with E-state index in [0.29, 0.717) is 24.2 Å². The molecule has 3 heterocycles. The summed E-state index contributed by atoms with van der Waals surface area (Å²) >= 11 is 0. The Labute approximate surface area is 159 Å². The normalized spacial score (nSPS) is 24.5. The number of anilines is 1. The average Bonchev–Trinajstić information content (AvgIpc) is 2.68. The number of piperidine rings is 1. The lowest BCUT2D eigenvalue weighted by Gasteiger charge is -2.54. The molecule has 1 aromatic rings. The Bertz CT molecular complexity index is 859. The number of halogens is 3. The fourth-order valence-electron chi connectivity index (χ4n) is 4.86. The van der Waals surface area contributed by atoms with Crippen molar-refractivity contribution in [3.8, 4) is 0 Å². The summed E-state index contributed by atoms with van der Waals surface area (Å²) in [5.74, 6) is -1.28. The van der Waals surface area contributed by atoms with E-state index in [4.69, 9.17) is 0 Å². The molecule has 6 nitrogen and oxygen atoms in total. The summed E-state index contributed by atoms with van der Waals surface area (Å²) in [6, 6.07) is 2.29. The zero-order chi connectivity index (χ0) is 20.4. The van der Waals surface area contributed by atoms with E-state index in [0.717, 1.165) is 34.8 Å². The summed E-state index contributed by atoms with van der Waals surface area (Å²) in [5.41, 5.74) is -1.46. The maximum absolute atomic E-state index is 13.2. The van der Waals surface area contributed by atoms with Crippen LogP contribution in [-0.4, -0.2) is 54.3 Å². The maximum atomic E-state index is 13.2. The van der Waals surface area contributed by atoms with Gasteiger partial charge in [0.2, 0.25) is 11.8 Å². The van der Waals surface area contributed by atoms with Crippen LogP contribution in [0.5, 0.6) is 0 Å². The molecular weight excluding hydrogens is 375 g/mol. The highest BCUT2D eigenvalue weighted by atomic mass is 19.4. The number of benzene rings is 1. The van der Waals surface area contributed by atoms with Crippen molar-refractivity contribution in [3.05, 3.63) is 29.3 Å². The first-order chi connectivity index (χ1) is 13.1. The van der Waals surface area contributed by atoms with E-state index in [1.165, 1.54) is 20.2 Å². The summed E-state index contributed by atoms with van der Waals surface area (Å²) in [6.07, 6.45) is -2.48. The summed E-state index contributed by atoms with van der Waals surface area (Å²) in [5, 5.41) is 0. The number of urea groups is 1. The Kier molecular flexibility index (Phi) is 3.99. The van der Waals surface area contributed by atoms with Crippen LogP contribution in [0.2, 0.25) is 0 Å². The number of rotatable bonds is 0. The van der Waals surface area contributed by atoms with Crippen LogP contribution in [0.3, 0.4) is 0 Å². The number of hydrogen-bond donors (Lipinski definition) is 0. The average molecular weight is 395 g/mol. The molecule has 4 rings (SSSR count). The standard InChI is InChI=1S/C19H20F3N3O3/c1-23-15(26)18(16(27)24(2)17(23)28)10-11-9-12(19(20,21)22)6-7-13(11)25-8-4-3-5-14(18)25/h6-7,9,14H,3-5,8,10H2,1-2H3/t14-/m0/s1. The third kappa shape index (κ3) is 2.37. The minimum Gasteiger partial charge on any atom is -0.367 e. The molecule has 2 saturated heterocycles. The first kappa shape index (κ1) is 18.8. The molecule has 2 fully saturated rings. The van der Waals surface area contributed by atoms with Crippen LogP contribution >= 0.6 is 0 Å². The molecule has 0 bridgehead atoms. The molecule has 0 aliphatic carbocycles. The highest BCUT2D eigenvalue weighted by Gasteiger charge is 2.63. The van der Waals surface area contributed by atoms with Gasteiger partial charge in [0.05, 0.1) is 11.6 Å². The quantitative estimate of drug-likeness (QED) is 0.634. The van der Waals surface area contributed by atoms with Gasteiger partial charge in [-0.2, -0.15) is 13.2 Å². The topological polar surface area (TPSA) is 60.9 Å². The molecule has 150 valence electrons. The van der Waals surface area contributed by atoms with Gasteiger partial charge in [0.15, 0.2) is 5.41 Å². The van der Waals surface area contributed by atoms with Crippen LogP contribution < -0.4 is 4.90 Å². The summed E-state index contributed by atoms with van der Waals surface area (Å²) in [7, 11) is 2.62. The number of carbonyl (C=O) groups is 3. The van der Waals surface area contributed by atoms with Gasteiger partial charge < -0.3 is 4.90 Å². The number of imide groups is 2. The van der Waals surface area contributed by atoms with Gasteiger partial charge in [-0.05, 0) is 49.4 Å². The largest absolute Gasteiger partial charge is 0.416 e. The van der Waals surface area contributed by atoms with Gasteiger partial charge in [0.25, 0.3) is 0 Å². The van der Waals surface area contributed by atoms with Crippen molar-refractivity contribution in [1.29, 1.82) is 0 Å². The third-order valence-electron chi connectivity index (χ3n) is 6.20. The number of fused-ring (bicyclic) bond motifs is 4. The van der Waals surface area contributed by atoms with Crippen LogP contribution in [0, 0.1) is 5.41 Å². The highest BCUT2D eigenvalue weighted by molar-refractivity contribution is 6.20. The molecule has 3 aliphatic heterocycles. The second-order valence-corrected chi connectivity index (χ2v) is 7.71. The fourth-order valence-corrected chi connectivity index (χ4v) is 4.86. The van der Waals surface area contributed by atoms with E-state index >= 15 is 0 Å². The van der Waals surface area contributed by atoms with Crippen molar-refractivity contribution in [1.82, 2.24) is 9.80 Å². The van der Waals surface area contributed by atoms with E-state index < -0.39 is 41.0 Å².